The van der Waals surface area contributed by atoms with Crippen molar-refractivity contribution in [3.8, 4) is 10.6 Å². The molecule has 0 bridgehead atoms. The van der Waals surface area contributed by atoms with Gasteiger partial charge in [-0.2, -0.15) is 9.61 Å². The molecule has 1 unspecified atom stereocenters. The SMILES string of the molecule is Cc1cc(-c2nn3c(C4CCCO4)nnc3s2)c(N)s1. The lowest BCUT2D eigenvalue weighted by Gasteiger charge is -2.04. The van der Waals surface area contributed by atoms with Crippen LogP contribution in [0.2, 0.25) is 0 Å². The van der Waals surface area contributed by atoms with Crippen molar-refractivity contribution in [2.24, 2.45) is 0 Å². The third-order valence-corrected chi connectivity index (χ3v) is 5.16. The molecule has 2 N–H and O–H groups in total. The fourth-order valence-corrected chi connectivity index (χ4v) is 4.15. The molecule has 20 heavy (non-hydrogen) atoms. The molecule has 0 aromatic carbocycles. The predicted octanol–water partition coefficient (Wildman–Crippen LogP) is 2.66. The molecule has 3 aromatic heterocycles. The smallest absolute Gasteiger partial charge is 0.235 e. The molecule has 3 aromatic rings. The normalized spacial score (nSPS) is 19.1. The second-order valence-corrected chi connectivity index (χ2v) is 7.04. The van der Waals surface area contributed by atoms with E-state index in [1.54, 1.807) is 15.9 Å². The molecule has 4 heterocycles. The van der Waals surface area contributed by atoms with Crippen LogP contribution in [0.3, 0.4) is 0 Å². The molecule has 4 rings (SSSR count). The second-order valence-electron chi connectivity index (χ2n) is 4.80. The molecule has 8 heteroatoms. The maximum absolute atomic E-state index is 6.04. The number of aryl methyl sites for hydroxylation is 1. The number of hydrogen-bond donors (Lipinski definition) is 1. The zero-order valence-electron chi connectivity index (χ0n) is 10.9. The molecular formula is C12H13N5OS2. The quantitative estimate of drug-likeness (QED) is 0.787. The van der Waals surface area contributed by atoms with Crippen LogP contribution >= 0.6 is 22.7 Å². The van der Waals surface area contributed by atoms with Crippen molar-refractivity contribution < 1.29 is 4.74 Å². The van der Waals surface area contributed by atoms with Gasteiger partial charge in [0.2, 0.25) is 4.96 Å². The van der Waals surface area contributed by atoms with Crippen LogP contribution in [0.1, 0.15) is 29.6 Å². The first-order chi connectivity index (χ1) is 9.72. The third kappa shape index (κ3) is 1.83. The van der Waals surface area contributed by atoms with Gasteiger partial charge in [0.1, 0.15) is 6.10 Å². The zero-order chi connectivity index (χ0) is 13.7. The highest BCUT2D eigenvalue weighted by Gasteiger charge is 2.25. The second kappa shape index (κ2) is 4.51. The van der Waals surface area contributed by atoms with Crippen LogP contribution in [0.4, 0.5) is 5.00 Å². The maximum atomic E-state index is 6.04. The molecule has 1 fully saturated rings. The van der Waals surface area contributed by atoms with E-state index in [1.165, 1.54) is 16.2 Å². The van der Waals surface area contributed by atoms with E-state index in [1.807, 2.05) is 6.92 Å². The Morgan fingerprint density at radius 3 is 3.00 bits per heavy atom. The predicted molar refractivity (Wildman–Crippen MR) is 79.0 cm³/mol. The molecule has 1 aliphatic rings. The number of fused-ring (bicyclic) bond motifs is 1. The van der Waals surface area contributed by atoms with E-state index < -0.39 is 0 Å². The minimum Gasteiger partial charge on any atom is -0.390 e. The van der Waals surface area contributed by atoms with Gasteiger partial charge in [0.15, 0.2) is 10.8 Å². The number of aromatic nitrogens is 4. The summed E-state index contributed by atoms with van der Waals surface area (Å²) in [6.07, 6.45) is 2.06. The van der Waals surface area contributed by atoms with Crippen LogP contribution in [-0.2, 0) is 4.74 Å². The lowest BCUT2D eigenvalue weighted by molar-refractivity contribution is 0.103. The van der Waals surface area contributed by atoms with E-state index in [9.17, 15) is 0 Å². The van der Waals surface area contributed by atoms with E-state index in [4.69, 9.17) is 10.5 Å². The molecule has 1 aliphatic heterocycles. The Bertz CT molecular complexity index is 768. The van der Waals surface area contributed by atoms with Gasteiger partial charge in [-0.05, 0) is 25.8 Å². The number of ether oxygens (including phenoxy) is 1. The van der Waals surface area contributed by atoms with Crippen LogP contribution in [-0.4, -0.2) is 26.4 Å². The van der Waals surface area contributed by atoms with Crippen LogP contribution in [0.15, 0.2) is 6.07 Å². The molecule has 0 amide bonds. The van der Waals surface area contributed by atoms with Crippen LogP contribution in [0.5, 0.6) is 0 Å². The van der Waals surface area contributed by atoms with Crippen LogP contribution in [0.25, 0.3) is 15.5 Å². The summed E-state index contributed by atoms with van der Waals surface area (Å²) in [6.45, 7) is 2.83. The van der Waals surface area contributed by atoms with Gasteiger partial charge in [0.05, 0.1) is 5.00 Å². The van der Waals surface area contributed by atoms with Crippen molar-refractivity contribution in [2.45, 2.75) is 25.9 Å². The average Bonchev–Trinajstić information content (AvgIpc) is 3.11. The molecular weight excluding hydrogens is 294 g/mol. The molecule has 0 radical (unpaired) electrons. The van der Waals surface area contributed by atoms with E-state index >= 15 is 0 Å². The Hall–Kier alpha value is -1.51. The minimum atomic E-state index is 0.0153. The highest BCUT2D eigenvalue weighted by molar-refractivity contribution is 7.21. The summed E-state index contributed by atoms with van der Waals surface area (Å²) < 4.78 is 7.46. The summed E-state index contributed by atoms with van der Waals surface area (Å²) in [5, 5.41) is 14.7. The fraction of sp³-hybridized carbons (Fsp3) is 0.417. The van der Waals surface area contributed by atoms with Gasteiger partial charge in [-0.15, -0.1) is 21.5 Å². The van der Waals surface area contributed by atoms with Crippen molar-refractivity contribution in [1.29, 1.82) is 0 Å². The Balaban J connectivity index is 1.81. The summed E-state index contributed by atoms with van der Waals surface area (Å²) >= 11 is 3.09. The third-order valence-electron chi connectivity index (χ3n) is 3.35. The first kappa shape index (κ1) is 12.2. The largest absolute Gasteiger partial charge is 0.390 e. The van der Waals surface area contributed by atoms with E-state index in [-0.39, 0.29) is 6.10 Å². The molecule has 0 spiro atoms. The van der Waals surface area contributed by atoms with E-state index in [0.717, 1.165) is 45.8 Å². The van der Waals surface area contributed by atoms with Gasteiger partial charge in [-0.25, -0.2) is 0 Å². The molecule has 6 nitrogen and oxygen atoms in total. The molecule has 0 saturated carbocycles. The summed E-state index contributed by atoms with van der Waals surface area (Å²) in [5.41, 5.74) is 7.03. The number of nitrogens with two attached hydrogens (primary N) is 1. The summed E-state index contributed by atoms with van der Waals surface area (Å²) in [4.78, 5) is 1.97. The van der Waals surface area contributed by atoms with Crippen LogP contribution in [0, 0.1) is 6.92 Å². The van der Waals surface area contributed by atoms with Gasteiger partial charge < -0.3 is 10.5 Å². The standard InChI is InChI=1S/C12H13N5OS2/c1-6-5-7(9(13)19-6)11-16-17-10(8-3-2-4-18-8)14-15-12(17)20-11/h5,8H,2-4,13H2,1H3. The van der Waals surface area contributed by atoms with E-state index in [2.05, 4.69) is 21.4 Å². The van der Waals surface area contributed by atoms with Crippen molar-refractivity contribution in [3.05, 3.63) is 16.8 Å². The lowest BCUT2D eigenvalue weighted by Crippen LogP contribution is -2.03. The Morgan fingerprint density at radius 2 is 2.30 bits per heavy atom. The van der Waals surface area contributed by atoms with Crippen molar-refractivity contribution in [2.75, 3.05) is 12.3 Å². The monoisotopic (exact) mass is 307 g/mol. The Morgan fingerprint density at radius 1 is 1.40 bits per heavy atom. The zero-order valence-corrected chi connectivity index (χ0v) is 12.5. The molecule has 104 valence electrons. The minimum absolute atomic E-state index is 0.0153. The first-order valence-corrected chi connectivity index (χ1v) is 8.05. The van der Waals surface area contributed by atoms with Gasteiger partial charge >= 0.3 is 0 Å². The van der Waals surface area contributed by atoms with Gasteiger partial charge in [-0.1, -0.05) is 11.3 Å². The Kier molecular flexibility index (Phi) is 2.76. The summed E-state index contributed by atoms with van der Waals surface area (Å²) in [7, 11) is 0. The number of hydrogen-bond acceptors (Lipinski definition) is 7. The van der Waals surface area contributed by atoms with Crippen molar-refractivity contribution in [1.82, 2.24) is 19.8 Å². The number of nitrogen functional groups attached to an aromatic ring is 1. The first-order valence-electron chi connectivity index (χ1n) is 6.42. The number of nitrogens with zero attached hydrogens (tertiary/aromatic N) is 4. The summed E-state index contributed by atoms with van der Waals surface area (Å²) in [6, 6.07) is 2.07. The number of anilines is 1. The highest BCUT2D eigenvalue weighted by atomic mass is 32.1. The topological polar surface area (TPSA) is 78.3 Å². The molecule has 1 saturated heterocycles. The molecule has 0 aliphatic carbocycles. The van der Waals surface area contributed by atoms with Gasteiger partial charge in [0.25, 0.3) is 0 Å². The fourth-order valence-electron chi connectivity index (χ4n) is 2.42. The van der Waals surface area contributed by atoms with E-state index in [0.29, 0.717) is 0 Å². The van der Waals surface area contributed by atoms with Gasteiger partial charge in [-0.3, -0.25) is 0 Å². The molecule has 1 atom stereocenters. The summed E-state index contributed by atoms with van der Waals surface area (Å²) in [5.74, 6) is 0.797. The van der Waals surface area contributed by atoms with Crippen LogP contribution < -0.4 is 5.73 Å². The van der Waals surface area contributed by atoms with Crippen molar-refractivity contribution in [3.63, 3.8) is 0 Å². The van der Waals surface area contributed by atoms with Gasteiger partial charge in [0, 0.05) is 17.0 Å². The Labute approximate surface area is 123 Å². The number of rotatable bonds is 2. The lowest BCUT2D eigenvalue weighted by atomic mass is 10.2. The number of thiophene rings is 1. The maximum Gasteiger partial charge on any atom is 0.235 e. The highest BCUT2D eigenvalue weighted by Crippen LogP contribution is 2.36. The van der Waals surface area contributed by atoms with Crippen molar-refractivity contribution >= 4 is 32.6 Å². The average molecular weight is 307 g/mol.